The largest absolute Gasteiger partial charge is 1.00 e. The van der Waals surface area contributed by atoms with Crippen molar-refractivity contribution in [1.82, 2.24) is 0 Å². The van der Waals surface area contributed by atoms with E-state index in [0.29, 0.717) is 18.6 Å². The maximum absolute atomic E-state index is 11.9. The quantitative estimate of drug-likeness (QED) is 0.122. The van der Waals surface area contributed by atoms with Gasteiger partial charge in [-0.15, -0.1) is 0 Å². The molecule has 7 nitrogen and oxygen atoms in total. The van der Waals surface area contributed by atoms with Crippen LogP contribution in [-0.4, -0.2) is 42.1 Å². The van der Waals surface area contributed by atoms with Crippen molar-refractivity contribution >= 4 is 11.9 Å². The van der Waals surface area contributed by atoms with E-state index in [0.717, 1.165) is 57.8 Å². The number of carbonyl (C=O) groups excluding carboxylic acids is 2. The molecule has 2 rings (SSSR count). The third-order valence-corrected chi connectivity index (χ3v) is 6.68. The first-order valence-electron chi connectivity index (χ1n) is 13.6. The van der Waals surface area contributed by atoms with Gasteiger partial charge in [0.25, 0.3) is 0 Å². The van der Waals surface area contributed by atoms with Crippen molar-refractivity contribution in [1.29, 1.82) is 0 Å². The predicted molar refractivity (Wildman–Crippen MR) is 132 cm³/mol. The van der Waals surface area contributed by atoms with Gasteiger partial charge in [0.05, 0.1) is 6.61 Å². The first-order valence-corrected chi connectivity index (χ1v) is 13.6. The molecule has 1 N–H and O–H groups in total. The zero-order chi connectivity index (χ0) is 25.5. The molecule has 0 amide bonds. The van der Waals surface area contributed by atoms with Crippen molar-refractivity contribution in [2.75, 3.05) is 6.61 Å². The van der Waals surface area contributed by atoms with Gasteiger partial charge in [-0.1, -0.05) is 70.9 Å². The molecule has 3 unspecified atom stereocenters. The predicted octanol–water partition coefficient (Wildman–Crippen LogP) is 2.28. The second-order valence-electron chi connectivity index (χ2n) is 10.1. The molecule has 8 heteroatoms. The van der Waals surface area contributed by atoms with Gasteiger partial charge in [-0.2, -0.15) is 0 Å². The van der Waals surface area contributed by atoms with Crippen LogP contribution >= 0.6 is 0 Å². The molecule has 0 bridgehead atoms. The van der Waals surface area contributed by atoms with Crippen LogP contribution in [0.5, 0.6) is 0 Å². The number of carboxylic acid groups (broad SMARTS) is 1. The number of aliphatic carboxylic acids is 1. The summed E-state index contributed by atoms with van der Waals surface area (Å²) in [4.78, 5) is 22.2. The molecule has 0 saturated carbocycles. The summed E-state index contributed by atoms with van der Waals surface area (Å²) in [6.45, 7) is 4.42. The Labute approximate surface area is 239 Å². The fourth-order valence-corrected chi connectivity index (χ4v) is 4.60. The molecule has 200 valence electrons. The first-order chi connectivity index (χ1) is 16.9. The van der Waals surface area contributed by atoms with Crippen LogP contribution in [0, 0.1) is 5.92 Å². The zero-order valence-electron chi connectivity index (χ0n) is 22.7. The summed E-state index contributed by atoms with van der Waals surface area (Å²) in [5.41, 5.74) is 0.663. The second kappa shape index (κ2) is 19.2. The van der Waals surface area contributed by atoms with Gasteiger partial charge in [0.2, 0.25) is 5.76 Å². The van der Waals surface area contributed by atoms with Gasteiger partial charge in [0, 0.05) is 17.5 Å². The van der Waals surface area contributed by atoms with E-state index in [1.54, 1.807) is 0 Å². The topological polar surface area (TPSA) is 105 Å². The molecule has 2 aliphatic rings. The van der Waals surface area contributed by atoms with Crippen LogP contribution in [0.2, 0.25) is 0 Å². The Morgan fingerprint density at radius 1 is 0.972 bits per heavy atom. The molecule has 36 heavy (non-hydrogen) atoms. The summed E-state index contributed by atoms with van der Waals surface area (Å²) in [7, 11) is 0. The normalized spacial score (nSPS) is 22.0. The molecule has 0 aromatic heterocycles. The second-order valence-corrected chi connectivity index (χ2v) is 10.1. The van der Waals surface area contributed by atoms with E-state index in [-0.39, 0.29) is 60.0 Å². The van der Waals surface area contributed by atoms with Gasteiger partial charge in [-0.05, 0) is 51.4 Å². The molecule has 0 aliphatic carbocycles. The van der Waals surface area contributed by atoms with Crippen molar-refractivity contribution in [2.45, 2.75) is 129 Å². The number of hydrogen-bond donors (Lipinski definition) is 1. The molecule has 3 atom stereocenters. The van der Waals surface area contributed by atoms with Crippen LogP contribution in [0.25, 0.3) is 0 Å². The van der Waals surface area contributed by atoms with Gasteiger partial charge in [-0.25, -0.2) is 4.79 Å². The van der Waals surface area contributed by atoms with Crippen LogP contribution in [0.4, 0.5) is 0 Å². The van der Waals surface area contributed by atoms with Crippen molar-refractivity contribution in [3.63, 3.8) is 0 Å². The molecule has 0 spiro atoms. The summed E-state index contributed by atoms with van der Waals surface area (Å²) in [5.74, 6) is -1.61. The summed E-state index contributed by atoms with van der Waals surface area (Å²) in [6, 6.07) is 0. The van der Waals surface area contributed by atoms with Crippen molar-refractivity contribution in [2.24, 2.45) is 5.92 Å². The van der Waals surface area contributed by atoms with Gasteiger partial charge < -0.3 is 29.2 Å². The number of ether oxygens (including phenoxy) is 3. The molecular weight excluding hydrogens is 471 g/mol. The molecule has 0 aromatic carbocycles. The fraction of sp³-hybridized carbons (Fsp3) is 0.786. The summed E-state index contributed by atoms with van der Waals surface area (Å²) in [5, 5.41) is 20.5. The third-order valence-electron chi connectivity index (χ3n) is 6.68. The zero-order valence-corrected chi connectivity index (χ0v) is 24.7. The molecule has 1 saturated heterocycles. The number of aliphatic hydroxyl groups excluding tert-OH is 1. The number of aliphatic hydroxyl groups is 1. The van der Waals surface area contributed by atoms with E-state index in [9.17, 15) is 19.8 Å². The summed E-state index contributed by atoms with van der Waals surface area (Å²) >= 11 is 0. The first kappa shape index (κ1) is 33.2. The number of unbranched alkanes of at least 4 members (excludes halogenated alkanes) is 11. The Morgan fingerprint density at radius 3 is 2.08 bits per heavy atom. The molecule has 1 fully saturated rings. The maximum atomic E-state index is 11.9. The minimum Gasteiger partial charge on any atom is -0.550 e. The average Bonchev–Trinajstić information content (AvgIpc) is 3.41. The number of esters is 1. The van der Waals surface area contributed by atoms with Gasteiger partial charge in [0.1, 0.15) is 6.10 Å². The Bertz CT molecular complexity index is 704. The Kier molecular flexibility index (Phi) is 17.7. The third kappa shape index (κ3) is 12.6. The van der Waals surface area contributed by atoms with Gasteiger partial charge in [0.15, 0.2) is 12.4 Å². The molecular formula is C28H45NaO7. The SMILES string of the molecule is CC(C)C1OCC(C2OC(=O)C(O)=C2CCCCCCCC/C=C\CCCCCCCC(=O)[O-])O1.[Na+]. The monoisotopic (exact) mass is 516 g/mol. The molecule has 0 aromatic rings. The summed E-state index contributed by atoms with van der Waals surface area (Å²) < 4.78 is 17.0. The van der Waals surface area contributed by atoms with Crippen LogP contribution in [0.3, 0.4) is 0 Å². The number of rotatable bonds is 19. The van der Waals surface area contributed by atoms with Gasteiger partial charge >= 0.3 is 35.5 Å². The van der Waals surface area contributed by atoms with Crippen LogP contribution in [0.15, 0.2) is 23.5 Å². The summed E-state index contributed by atoms with van der Waals surface area (Å²) in [6.07, 6.45) is 18.3. The van der Waals surface area contributed by atoms with Crippen LogP contribution < -0.4 is 34.7 Å². The van der Waals surface area contributed by atoms with Crippen molar-refractivity contribution < 1.29 is 63.6 Å². The van der Waals surface area contributed by atoms with Crippen molar-refractivity contribution in [3.05, 3.63) is 23.5 Å². The molecule has 0 radical (unpaired) electrons. The number of carbonyl (C=O) groups is 2. The van der Waals surface area contributed by atoms with E-state index >= 15 is 0 Å². The maximum Gasteiger partial charge on any atom is 1.00 e. The minimum absolute atomic E-state index is 0. The van der Waals surface area contributed by atoms with Crippen LogP contribution in [-0.2, 0) is 23.8 Å². The Hall–Kier alpha value is -0.860. The number of cyclic esters (lactones) is 1. The van der Waals surface area contributed by atoms with E-state index < -0.39 is 18.0 Å². The molecule has 2 aliphatic heterocycles. The minimum atomic E-state index is -0.943. The van der Waals surface area contributed by atoms with Crippen LogP contribution in [0.1, 0.15) is 110 Å². The molecule has 2 heterocycles. The van der Waals surface area contributed by atoms with E-state index in [4.69, 9.17) is 14.2 Å². The van der Waals surface area contributed by atoms with E-state index in [2.05, 4.69) is 12.2 Å². The smallest absolute Gasteiger partial charge is 0.550 e. The fourth-order valence-electron chi connectivity index (χ4n) is 4.60. The average molecular weight is 517 g/mol. The van der Waals surface area contributed by atoms with Crippen molar-refractivity contribution in [3.8, 4) is 0 Å². The standard InChI is InChI=1S/C28H46O7.Na/c1-21(2)28-33-20-23(34-28)26-22(25(31)27(32)35-26)18-16-14-12-10-8-6-4-3-5-7-9-11-13-15-17-19-24(29)30;/h3,5,21,23,26,28,31H,4,6-20H2,1-2H3,(H,29,30);/q;+1/p-1/b5-3-;. The number of carboxylic acids is 1. The Balaban J connectivity index is 0.00000648. The Morgan fingerprint density at radius 2 is 1.53 bits per heavy atom. The van der Waals surface area contributed by atoms with E-state index in [1.807, 2.05) is 13.8 Å². The van der Waals surface area contributed by atoms with Gasteiger partial charge in [-0.3, -0.25) is 0 Å². The van der Waals surface area contributed by atoms with E-state index in [1.165, 1.54) is 25.7 Å². The number of allylic oxidation sites excluding steroid dienone is 2. The number of hydrogen-bond acceptors (Lipinski definition) is 7.